The zero-order valence-electron chi connectivity index (χ0n) is 23.8. The third-order valence-corrected chi connectivity index (χ3v) is 8.64. The Morgan fingerprint density at radius 1 is 0.422 bits per heavy atom. The smallest absolute Gasteiger partial charge is 0.238 e. The second kappa shape index (κ2) is 9.11. The molecule has 6 heteroatoms. The van der Waals surface area contributed by atoms with Crippen LogP contribution in [0, 0.1) is 0 Å². The summed E-state index contributed by atoms with van der Waals surface area (Å²) in [6, 6.07) is 44.8. The number of fused-ring (bicyclic) bond motifs is 12. The second-order valence-corrected chi connectivity index (χ2v) is 11.2. The van der Waals surface area contributed by atoms with E-state index in [9.17, 15) is 0 Å². The Morgan fingerprint density at radius 2 is 0.889 bits per heavy atom. The molecule has 0 saturated carbocycles. The molecule has 0 saturated heterocycles. The molecular formula is C39H22N4O2. The van der Waals surface area contributed by atoms with Crippen LogP contribution in [0.1, 0.15) is 0 Å². The molecule has 0 unspecified atom stereocenters. The minimum Gasteiger partial charge on any atom is -0.455 e. The molecule has 4 aromatic heterocycles. The summed E-state index contributed by atoms with van der Waals surface area (Å²) in [5.74, 6) is 1.72. The van der Waals surface area contributed by atoms with Crippen LogP contribution in [0.25, 0.3) is 94.4 Å². The molecule has 0 amide bonds. The van der Waals surface area contributed by atoms with Crippen molar-refractivity contribution in [2.45, 2.75) is 0 Å². The van der Waals surface area contributed by atoms with Gasteiger partial charge in [0.1, 0.15) is 22.3 Å². The van der Waals surface area contributed by atoms with Crippen LogP contribution in [0.3, 0.4) is 0 Å². The minimum atomic E-state index is 0.524. The van der Waals surface area contributed by atoms with Crippen LogP contribution < -0.4 is 0 Å². The van der Waals surface area contributed by atoms with Crippen LogP contribution in [0.15, 0.2) is 142 Å². The molecule has 0 N–H and O–H groups in total. The lowest BCUT2D eigenvalue weighted by atomic mass is 10.0. The van der Waals surface area contributed by atoms with E-state index in [4.69, 9.17) is 23.8 Å². The maximum atomic E-state index is 6.69. The molecule has 0 spiro atoms. The highest BCUT2D eigenvalue weighted by Gasteiger charge is 2.27. The zero-order chi connectivity index (χ0) is 29.5. The number of hydrogen-bond acceptors (Lipinski definition) is 5. The maximum absolute atomic E-state index is 6.69. The van der Waals surface area contributed by atoms with Crippen LogP contribution in [-0.2, 0) is 0 Å². The van der Waals surface area contributed by atoms with Crippen molar-refractivity contribution in [2.75, 3.05) is 0 Å². The Bertz CT molecular complexity index is 2670. The molecule has 0 atom stereocenters. The summed E-state index contributed by atoms with van der Waals surface area (Å²) in [5, 5.41) is 6.06. The van der Waals surface area contributed by atoms with Gasteiger partial charge in [0.25, 0.3) is 0 Å². The lowest BCUT2D eigenvalue weighted by Crippen LogP contribution is -2.06. The summed E-state index contributed by atoms with van der Waals surface area (Å²) >= 11 is 0. The standard InChI is InChI=1S/C39H22N4O2/c1-3-13-23(14-4-1)37-40-38(24-15-5-2-6-16-24)42-39(41-37)43-28-20-10-7-17-25(28)31-34(43)32-26-18-8-11-21-29(26)44-36(32)33-27-19-9-12-22-30(27)45-35(31)33/h1-22H. The third kappa shape index (κ3) is 3.42. The van der Waals surface area contributed by atoms with Gasteiger partial charge in [-0.1, -0.05) is 115 Å². The number of hydrogen-bond donors (Lipinski definition) is 0. The molecule has 45 heavy (non-hydrogen) atoms. The van der Waals surface area contributed by atoms with E-state index in [0.717, 1.165) is 76.8 Å². The lowest BCUT2D eigenvalue weighted by Gasteiger charge is -2.11. The van der Waals surface area contributed by atoms with Crippen molar-refractivity contribution in [3.63, 3.8) is 0 Å². The van der Waals surface area contributed by atoms with Crippen LogP contribution in [0.4, 0.5) is 0 Å². The van der Waals surface area contributed by atoms with Crippen molar-refractivity contribution < 1.29 is 8.83 Å². The number of para-hydroxylation sites is 3. The van der Waals surface area contributed by atoms with Gasteiger partial charge >= 0.3 is 0 Å². The molecular weight excluding hydrogens is 556 g/mol. The van der Waals surface area contributed by atoms with Crippen LogP contribution >= 0.6 is 0 Å². The summed E-state index contributed by atoms with van der Waals surface area (Å²) in [6.07, 6.45) is 0. The van der Waals surface area contributed by atoms with E-state index in [1.54, 1.807) is 0 Å². The van der Waals surface area contributed by atoms with Gasteiger partial charge in [-0.15, -0.1) is 0 Å². The molecule has 0 aliphatic rings. The van der Waals surface area contributed by atoms with Gasteiger partial charge in [-0.3, -0.25) is 4.57 Å². The monoisotopic (exact) mass is 578 g/mol. The van der Waals surface area contributed by atoms with Gasteiger partial charge in [-0.2, -0.15) is 9.97 Å². The zero-order valence-corrected chi connectivity index (χ0v) is 23.8. The Hall–Kier alpha value is -6.27. The van der Waals surface area contributed by atoms with E-state index in [-0.39, 0.29) is 0 Å². The van der Waals surface area contributed by atoms with E-state index in [2.05, 4.69) is 47.0 Å². The molecule has 10 rings (SSSR count). The fourth-order valence-electron chi connectivity index (χ4n) is 6.72. The summed E-state index contributed by atoms with van der Waals surface area (Å²) in [6.45, 7) is 0. The van der Waals surface area contributed by atoms with Gasteiger partial charge < -0.3 is 8.83 Å². The van der Waals surface area contributed by atoms with Gasteiger partial charge in [-0.25, -0.2) is 4.98 Å². The quantitative estimate of drug-likeness (QED) is 0.209. The van der Waals surface area contributed by atoms with Gasteiger partial charge in [0.2, 0.25) is 5.95 Å². The first-order valence-corrected chi connectivity index (χ1v) is 14.9. The van der Waals surface area contributed by atoms with Crippen molar-refractivity contribution in [3.05, 3.63) is 133 Å². The fraction of sp³-hybridized carbons (Fsp3) is 0. The van der Waals surface area contributed by atoms with E-state index in [1.165, 1.54) is 0 Å². The molecule has 6 aromatic carbocycles. The van der Waals surface area contributed by atoms with Crippen LogP contribution in [0.5, 0.6) is 0 Å². The highest BCUT2D eigenvalue weighted by atomic mass is 16.3. The van der Waals surface area contributed by atoms with Gasteiger partial charge in [0, 0.05) is 27.3 Å². The molecule has 210 valence electrons. The topological polar surface area (TPSA) is 69.9 Å². The van der Waals surface area contributed by atoms with Crippen LogP contribution in [0.2, 0.25) is 0 Å². The van der Waals surface area contributed by atoms with E-state index < -0.39 is 0 Å². The number of nitrogens with zero attached hydrogens (tertiary/aromatic N) is 4. The molecule has 0 fully saturated rings. The van der Waals surface area contributed by atoms with Crippen molar-refractivity contribution in [1.82, 2.24) is 19.5 Å². The van der Waals surface area contributed by atoms with Gasteiger partial charge in [0.05, 0.1) is 27.2 Å². The van der Waals surface area contributed by atoms with Crippen molar-refractivity contribution in [3.8, 4) is 28.7 Å². The minimum absolute atomic E-state index is 0.524. The first-order valence-electron chi connectivity index (χ1n) is 14.9. The summed E-state index contributed by atoms with van der Waals surface area (Å²) < 4.78 is 15.5. The first-order chi connectivity index (χ1) is 22.3. The third-order valence-electron chi connectivity index (χ3n) is 8.64. The Kier molecular flexibility index (Phi) is 4.90. The van der Waals surface area contributed by atoms with Crippen molar-refractivity contribution in [2.24, 2.45) is 0 Å². The highest BCUT2D eigenvalue weighted by Crippen LogP contribution is 2.48. The molecule has 10 aromatic rings. The summed E-state index contributed by atoms with van der Waals surface area (Å²) in [4.78, 5) is 15.2. The molecule has 6 nitrogen and oxygen atoms in total. The van der Waals surface area contributed by atoms with Gasteiger partial charge in [-0.05, 0) is 18.2 Å². The number of aromatic nitrogens is 4. The van der Waals surface area contributed by atoms with Crippen molar-refractivity contribution in [1.29, 1.82) is 0 Å². The average molecular weight is 579 g/mol. The summed E-state index contributed by atoms with van der Waals surface area (Å²) in [5.41, 5.74) is 6.94. The molecule has 4 heterocycles. The second-order valence-electron chi connectivity index (χ2n) is 11.2. The van der Waals surface area contributed by atoms with Crippen molar-refractivity contribution >= 4 is 65.7 Å². The van der Waals surface area contributed by atoms with Crippen LogP contribution in [-0.4, -0.2) is 19.5 Å². The van der Waals surface area contributed by atoms with E-state index in [0.29, 0.717) is 17.6 Å². The maximum Gasteiger partial charge on any atom is 0.238 e. The van der Waals surface area contributed by atoms with E-state index in [1.807, 2.05) is 91.0 Å². The van der Waals surface area contributed by atoms with Gasteiger partial charge in [0.15, 0.2) is 11.6 Å². The SMILES string of the molecule is c1ccc(-c2nc(-c3ccccc3)nc(-n3c4ccccc4c4c5oc6ccccc6c5c5oc6ccccc6c5c43)n2)cc1. The number of benzene rings is 6. The molecule has 0 bridgehead atoms. The average Bonchev–Trinajstić information content (AvgIpc) is 3.78. The lowest BCUT2D eigenvalue weighted by molar-refractivity contribution is 0.665. The largest absolute Gasteiger partial charge is 0.455 e. The Balaban J connectivity index is 1.45. The Morgan fingerprint density at radius 3 is 1.49 bits per heavy atom. The van der Waals surface area contributed by atoms with E-state index >= 15 is 0 Å². The summed E-state index contributed by atoms with van der Waals surface area (Å²) in [7, 11) is 0. The normalized spacial score (nSPS) is 12.0. The number of furan rings is 2. The predicted octanol–water partition coefficient (Wildman–Crippen LogP) is 10.1. The fourth-order valence-corrected chi connectivity index (χ4v) is 6.72. The Labute approximate surface area is 255 Å². The number of rotatable bonds is 3. The highest BCUT2D eigenvalue weighted by molar-refractivity contribution is 6.37. The molecule has 0 radical (unpaired) electrons. The molecule has 0 aliphatic carbocycles. The first kappa shape index (κ1) is 24.2. The molecule has 0 aliphatic heterocycles. The predicted molar refractivity (Wildman–Crippen MR) is 180 cm³/mol.